The lowest BCUT2D eigenvalue weighted by molar-refractivity contribution is -0.479. The molecule has 0 spiro atoms. The van der Waals surface area contributed by atoms with Crippen molar-refractivity contribution in [1.82, 2.24) is 9.96 Å². The van der Waals surface area contributed by atoms with E-state index in [0.717, 1.165) is 0 Å². The van der Waals surface area contributed by atoms with Gasteiger partial charge in [0.15, 0.2) is 0 Å². The summed E-state index contributed by atoms with van der Waals surface area (Å²) in [6.45, 7) is 0. The Balaban J connectivity index is 0.000000387. The molecule has 25 heavy (non-hydrogen) atoms. The van der Waals surface area contributed by atoms with Crippen LogP contribution in [0.4, 0.5) is 17.3 Å². The molecule has 1 heterocycles. The number of aliphatic hydroxyl groups excluding tert-OH is 1. The highest BCUT2D eigenvalue weighted by molar-refractivity contribution is 6.50. The highest BCUT2D eigenvalue weighted by atomic mass is 19.5. The predicted molar refractivity (Wildman–Crippen MR) is 82.3 cm³/mol. The number of halogens is 4. The highest BCUT2D eigenvalue weighted by Crippen LogP contribution is 2.19. The van der Waals surface area contributed by atoms with Crippen LogP contribution in [0.2, 0.25) is 0 Å². The number of aliphatic hydroxyl groups is 1. The fourth-order valence-corrected chi connectivity index (χ4v) is 1.58. The van der Waals surface area contributed by atoms with Gasteiger partial charge < -0.3 is 22.4 Å². The first kappa shape index (κ1) is 22.4. The van der Waals surface area contributed by atoms with Crippen LogP contribution in [0.5, 0.6) is 0 Å². The molecule has 0 fully saturated rings. The average Bonchev–Trinajstić information content (AvgIpc) is 2.70. The minimum Gasteiger partial charge on any atom is -0.447 e. The Labute approximate surface area is 141 Å². The molecule has 0 unspecified atom stereocenters. The van der Waals surface area contributed by atoms with E-state index in [1.165, 1.54) is 12.1 Å². The second kappa shape index (κ2) is 9.01. The van der Waals surface area contributed by atoms with Gasteiger partial charge in [-0.2, -0.15) is 0 Å². The van der Waals surface area contributed by atoms with Gasteiger partial charge in [0.05, 0.1) is 39.3 Å². The zero-order valence-corrected chi connectivity index (χ0v) is 14.0. The molecule has 2 rings (SSSR count). The minimum atomic E-state index is -6.00. The third kappa shape index (κ3) is 7.66. The molecule has 2 amide bonds. The van der Waals surface area contributed by atoms with Crippen LogP contribution < -0.4 is 0 Å². The number of imide groups is 1. The number of amides is 2. The first-order valence-corrected chi connectivity index (χ1v) is 6.72. The van der Waals surface area contributed by atoms with Gasteiger partial charge in [-0.1, -0.05) is 12.1 Å². The number of rotatable bonds is 0. The normalized spacial score (nSPS) is 12.4. The predicted octanol–water partition coefficient (Wildman–Crippen LogP) is 1.71. The van der Waals surface area contributed by atoms with Crippen molar-refractivity contribution in [2.45, 2.75) is 0 Å². The molecule has 0 radical (unpaired) electrons. The summed E-state index contributed by atoms with van der Waals surface area (Å²) in [7, 11) is 1.15. The zero-order valence-electron chi connectivity index (χ0n) is 14.0. The van der Waals surface area contributed by atoms with Crippen molar-refractivity contribution in [3.05, 3.63) is 35.4 Å². The first-order valence-electron chi connectivity index (χ1n) is 6.72. The van der Waals surface area contributed by atoms with Crippen LogP contribution in [0, 0.1) is 0 Å². The molecule has 1 aromatic carbocycles. The minimum absolute atomic E-state index is 0.130. The summed E-state index contributed by atoms with van der Waals surface area (Å²) < 4.78 is 40.6. The summed E-state index contributed by atoms with van der Waals surface area (Å²) in [4.78, 5) is 23.8. The molecule has 0 bridgehead atoms. The molecule has 0 saturated heterocycles. The van der Waals surface area contributed by atoms with E-state index in [0.29, 0.717) is 0 Å². The average molecular weight is 367 g/mol. The number of hydrogen-bond donors (Lipinski definition) is 2. The molecule has 1 aliphatic heterocycles. The molecule has 0 saturated carbocycles. The van der Waals surface area contributed by atoms with Crippen LogP contribution in [-0.2, 0) is 0 Å². The molecule has 2 N–H and O–H groups in total. The number of hydrogen-bond acceptors (Lipinski definition) is 3. The highest BCUT2D eigenvalue weighted by Gasteiger charge is 2.34. The molecule has 0 aromatic heterocycles. The monoisotopic (exact) mass is 367 g/mol. The van der Waals surface area contributed by atoms with Gasteiger partial charge in [-0.25, -0.2) is 9.48 Å². The van der Waals surface area contributed by atoms with Crippen molar-refractivity contribution in [2.24, 2.45) is 0 Å². The lowest BCUT2D eigenvalue weighted by Crippen LogP contribution is -2.28. The van der Waals surface area contributed by atoms with E-state index in [4.69, 9.17) is 10.3 Å². The first-order chi connectivity index (χ1) is 11.3. The van der Waals surface area contributed by atoms with Crippen LogP contribution >= 0.6 is 0 Å². The summed E-state index contributed by atoms with van der Waals surface area (Å²) in [5.41, 5.74) is 0.509. The van der Waals surface area contributed by atoms with Crippen molar-refractivity contribution in [3.8, 4) is 0 Å². The molecule has 7 nitrogen and oxygen atoms in total. The largest absolute Gasteiger partial charge is 0.673 e. The summed E-state index contributed by atoms with van der Waals surface area (Å²) >= 11 is 0. The molecule has 0 atom stereocenters. The molecule has 1 aliphatic rings. The number of fused-ring (bicyclic) bond motifs is 1. The van der Waals surface area contributed by atoms with Crippen LogP contribution in [0.15, 0.2) is 24.3 Å². The van der Waals surface area contributed by atoms with Gasteiger partial charge in [-0.05, 0) is 12.1 Å². The Kier molecular flexibility index (Phi) is 8.07. The quantitative estimate of drug-likeness (QED) is 0.139. The maximum absolute atomic E-state index is 11.1. The van der Waals surface area contributed by atoms with E-state index in [1.807, 2.05) is 0 Å². The second-order valence-corrected chi connectivity index (χ2v) is 5.05. The van der Waals surface area contributed by atoms with Gasteiger partial charge >= 0.3 is 13.3 Å². The van der Waals surface area contributed by atoms with E-state index < -0.39 is 19.1 Å². The Morgan fingerprint density at radius 3 is 1.56 bits per heavy atom. The lowest BCUT2D eigenvalue weighted by atomic mass is 10.1. The van der Waals surface area contributed by atoms with Crippen LogP contribution in [0.3, 0.4) is 0 Å². The van der Waals surface area contributed by atoms with Gasteiger partial charge in [-0.15, -0.1) is 5.06 Å². The van der Waals surface area contributed by atoms with E-state index >= 15 is 0 Å². The number of amidine groups is 1. The molecule has 1 aromatic rings. The number of benzene rings is 1. The van der Waals surface area contributed by atoms with Crippen molar-refractivity contribution in [3.63, 3.8) is 0 Å². The van der Waals surface area contributed by atoms with E-state index in [1.54, 1.807) is 49.8 Å². The molecular formula is C13H18BF4N3O4. The lowest BCUT2D eigenvalue weighted by Gasteiger charge is -2.01. The van der Waals surface area contributed by atoms with Crippen molar-refractivity contribution in [2.75, 3.05) is 28.2 Å². The van der Waals surface area contributed by atoms with Crippen LogP contribution in [0.25, 0.3) is 0 Å². The maximum atomic E-state index is 11.1. The number of hydroxylamine groups is 2. The van der Waals surface area contributed by atoms with Gasteiger partial charge in [0.25, 0.3) is 11.8 Å². The van der Waals surface area contributed by atoms with Crippen LogP contribution in [0.1, 0.15) is 20.7 Å². The second-order valence-electron chi connectivity index (χ2n) is 5.05. The third-order valence-electron chi connectivity index (χ3n) is 2.57. The fraction of sp³-hybridized carbons (Fsp3) is 0.308. The van der Waals surface area contributed by atoms with Crippen molar-refractivity contribution in [1.29, 1.82) is 0 Å². The van der Waals surface area contributed by atoms with Gasteiger partial charge in [0.1, 0.15) is 0 Å². The fourth-order valence-electron chi connectivity index (χ4n) is 1.58. The van der Waals surface area contributed by atoms with E-state index in [9.17, 15) is 26.9 Å². The number of nitrogens with zero attached hydrogens (tertiary/aromatic N) is 3. The van der Waals surface area contributed by atoms with Crippen LogP contribution in [-0.4, -0.2) is 78.1 Å². The van der Waals surface area contributed by atoms with Crippen molar-refractivity contribution >= 4 is 25.1 Å². The standard InChI is InChI=1S/C8H5NO3.C5H12N2O.BF4/c10-7-5-3-1-2-4-6(5)8(11)9(7)12;1-6(2)5(8)7(3)4;2-1(3,4)5/h1-4,12H;1-4H3;/q;;-1/p+1. The van der Waals surface area contributed by atoms with Gasteiger partial charge in [0, 0.05) is 0 Å². The Bertz CT molecular complexity index is 620. The summed E-state index contributed by atoms with van der Waals surface area (Å²) in [5.74, 6) is -1.31. The molecule has 140 valence electrons. The topological polar surface area (TPSA) is 84.1 Å². The van der Waals surface area contributed by atoms with Gasteiger partial charge in [-0.3, -0.25) is 14.8 Å². The Morgan fingerprint density at radius 1 is 1.04 bits per heavy atom. The summed E-state index contributed by atoms with van der Waals surface area (Å²) in [5, 5.41) is 18.0. The maximum Gasteiger partial charge on any atom is 0.673 e. The molecule has 0 aliphatic carbocycles. The van der Waals surface area contributed by atoms with E-state index in [-0.39, 0.29) is 22.2 Å². The molecular weight excluding hydrogens is 349 g/mol. The van der Waals surface area contributed by atoms with Crippen molar-refractivity contribution < 1.29 is 41.7 Å². The number of carbonyl (C=O) groups is 2. The molecule has 12 heteroatoms. The third-order valence-corrected chi connectivity index (χ3v) is 2.57. The zero-order chi connectivity index (χ0) is 19.9. The number of carbonyl (C=O) groups excluding carboxylic acids is 2. The Hall–Kier alpha value is -2.63. The summed E-state index contributed by atoms with van der Waals surface area (Å²) in [6, 6.07) is 6.56. The summed E-state index contributed by atoms with van der Waals surface area (Å²) in [6.07, 6.45) is 0. The SMILES string of the molecule is CN(C)C(O)=[N+](C)C.F[B-](F)(F)F.O=C1c2ccccc2C(=O)N1O. The Morgan fingerprint density at radius 2 is 1.36 bits per heavy atom. The van der Waals surface area contributed by atoms with E-state index in [2.05, 4.69) is 0 Å². The smallest absolute Gasteiger partial charge is 0.447 e. The van der Waals surface area contributed by atoms with Gasteiger partial charge in [0.2, 0.25) is 0 Å².